The van der Waals surface area contributed by atoms with E-state index in [9.17, 15) is 14.0 Å². The summed E-state index contributed by atoms with van der Waals surface area (Å²) in [5.41, 5.74) is 5.54. The topological polar surface area (TPSA) is 88.3 Å². The van der Waals surface area contributed by atoms with Crippen molar-refractivity contribution < 1.29 is 14.0 Å². The molecule has 1 aromatic heterocycles. The molecule has 96 valence electrons. The van der Waals surface area contributed by atoms with E-state index in [1.807, 2.05) is 0 Å². The quantitative estimate of drug-likeness (QED) is 0.722. The van der Waals surface area contributed by atoms with Crippen molar-refractivity contribution in [2.24, 2.45) is 0 Å². The summed E-state index contributed by atoms with van der Waals surface area (Å²) in [6, 6.07) is 1.04. The highest BCUT2D eigenvalue weighted by Crippen LogP contribution is 2.13. The Labute approximate surface area is 103 Å². The van der Waals surface area contributed by atoms with Crippen LogP contribution < -0.4 is 11.1 Å². The van der Waals surface area contributed by atoms with Gasteiger partial charge in [-0.1, -0.05) is 0 Å². The molecule has 0 saturated carbocycles. The minimum absolute atomic E-state index is 0.00954. The molecule has 6 nitrogen and oxygen atoms in total. The van der Waals surface area contributed by atoms with E-state index in [4.69, 9.17) is 5.73 Å². The minimum Gasteiger partial charge on any atom is -0.383 e. The second-order valence-corrected chi connectivity index (χ2v) is 4.02. The molecule has 18 heavy (non-hydrogen) atoms. The molecule has 0 atom stereocenters. The van der Waals surface area contributed by atoms with Crippen molar-refractivity contribution in [3.8, 4) is 0 Å². The number of carbonyl (C=O) groups excluding carboxylic acids is 2. The molecule has 0 radical (unpaired) electrons. The Morgan fingerprint density at radius 1 is 1.56 bits per heavy atom. The average molecular weight is 252 g/mol. The van der Waals surface area contributed by atoms with Gasteiger partial charge in [-0.3, -0.25) is 9.59 Å². The standard InChI is InChI=1S/C11H13FN4O2/c12-7-4-8(10(13)15-5-7)11(18)16-3-1-2-14-9(17)6-16/h4-5H,1-3,6H2,(H2,13,15)(H,14,17). The summed E-state index contributed by atoms with van der Waals surface area (Å²) in [6.45, 7) is 0.905. The van der Waals surface area contributed by atoms with Crippen LogP contribution in [-0.2, 0) is 4.79 Å². The molecule has 2 amide bonds. The third kappa shape index (κ3) is 2.55. The van der Waals surface area contributed by atoms with Crippen LogP contribution in [0.2, 0.25) is 0 Å². The summed E-state index contributed by atoms with van der Waals surface area (Å²) in [5, 5.41) is 2.65. The molecule has 7 heteroatoms. The predicted octanol–water partition coefficient (Wildman–Crippen LogP) is -0.235. The van der Waals surface area contributed by atoms with Crippen LogP contribution in [0.15, 0.2) is 12.3 Å². The molecule has 0 spiro atoms. The number of nitrogens with zero attached hydrogens (tertiary/aromatic N) is 2. The number of pyridine rings is 1. The molecule has 0 unspecified atom stereocenters. The third-order valence-electron chi connectivity index (χ3n) is 2.66. The Morgan fingerprint density at radius 3 is 3.11 bits per heavy atom. The Balaban J connectivity index is 2.24. The number of hydrogen-bond acceptors (Lipinski definition) is 4. The summed E-state index contributed by atoms with van der Waals surface area (Å²) >= 11 is 0. The Kier molecular flexibility index (Phi) is 3.40. The first-order chi connectivity index (χ1) is 8.58. The first kappa shape index (κ1) is 12.3. The maximum Gasteiger partial charge on any atom is 0.258 e. The Hall–Kier alpha value is -2.18. The molecular formula is C11H13FN4O2. The van der Waals surface area contributed by atoms with E-state index in [0.717, 1.165) is 12.3 Å². The van der Waals surface area contributed by atoms with Gasteiger partial charge in [-0.05, 0) is 12.5 Å². The van der Waals surface area contributed by atoms with Gasteiger partial charge in [0.2, 0.25) is 5.91 Å². The number of halogens is 1. The summed E-state index contributed by atoms with van der Waals surface area (Å²) in [6.07, 6.45) is 1.60. The van der Waals surface area contributed by atoms with E-state index in [-0.39, 0.29) is 23.8 Å². The molecule has 2 rings (SSSR count). The van der Waals surface area contributed by atoms with Crippen molar-refractivity contribution in [2.75, 3.05) is 25.4 Å². The van der Waals surface area contributed by atoms with E-state index >= 15 is 0 Å². The zero-order chi connectivity index (χ0) is 13.1. The Morgan fingerprint density at radius 2 is 2.33 bits per heavy atom. The zero-order valence-electron chi connectivity index (χ0n) is 9.65. The summed E-state index contributed by atoms with van der Waals surface area (Å²) < 4.78 is 13.1. The molecule has 0 aromatic carbocycles. The summed E-state index contributed by atoms with van der Waals surface area (Å²) in [5.74, 6) is -1.38. The van der Waals surface area contributed by atoms with Crippen molar-refractivity contribution in [3.63, 3.8) is 0 Å². The smallest absolute Gasteiger partial charge is 0.258 e. The van der Waals surface area contributed by atoms with Crippen LogP contribution in [-0.4, -0.2) is 41.3 Å². The number of amides is 2. The van der Waals surface area contributed by atoms with E-state index in [2.05, 4.69) is 10.3 Å². The lowest BCUT2D eigenvalue weighted by molar-refractivity contribution is -0.121. The van der Waals surface area contributed by atoms with Crippen LogP contribution in [0, 0.1) is 5.82 Å². The van der Waals surface area contributed by atoms with E-state index in [1.54, 1.807) is 0 Å². The van der Waals surface area contributed by atoms with Gasteiger partial charge in [0, 0.05) is 13.1 Å². The van der Waals surface area contributed by atoms with Gasteiger partial charge >= 0.3 is 0 Å². The first-order valence-corrected chi connectivity index (χ1v) is 5.55. The second-order valence-electron chi connectivity index (χ2n) is 4.02. The van der Waals surface area contributed by atoms with Crippen LogP contribution in [0.5, 0.6) is 0 Å². The fraction of sp³-hybridized carbons (Fsp3) is 0.364. The zero-order valence-corrected chi connectivity index (χ0v) is 9.65. The number of aromatic nitrogens is 1. The molecule has 3 N–H and O–H groups in total. The lowest BCUT2D eigenvalue weighted by Gasteiger charge is -2.19. The maximum absolute atomic E-state index is 13.1. The molecule has 1 fully saturated rings. The molecule has 1 aliphatic heterocycles. The van der Waals surface area contributed by atoms with Gasteiger partial charge in [0.1, 0.15) is 11.6 Å². The molecule has 1 saturated heterocycles. The highest BCUT2D eigenvalue weighted by molar-refractivity contribution is 6.00. The number of hydrogen-bond donors (Lipinski definition) is 2. The third-order valence-corrected chi connectivity index (χ3v) is 2.66. The fourth-order valence-electron chi connectivity index (χ4n) is 1.77. The average Bonchev–Trinajstić information content (AvgIpc) is 2.56. The van der Waals surface area contributed by atoms with Crippen molar-refractivity contribution in [2.45, 2.75) is 6.42 Å². The molecule has 1 aromatic rings. The van der Waals surface area contributed by atoms with Crippen molar-refractivity contribution >= 4 is 17.6 Å². The van der Waals surface area contributed by atoms with E-state index in [0.29, 0.717) is 19.5 Å². The number of anilines is 1. The largest absolute Gasteiger partial charge is 0.383 e. The molecule has 0 bridgehead atoms. The van der Waals surface area contributed by atoms with Crippen LogP contribution in [0.3, 0.4) is 0 Å². The van der Waals surface area contributed by atoms with Gasteiger partial charge in [-0.25, -0.2) is 9.37 Å². The number of nitrogens with two attached hydrogens (primary N) is 1. The predicted molar refractivity (Wildman–Crippen MR) is 62.1 cm³/mol. The normalized spacial score (nSPS) is 16.1. The minimum atomic E-state index is -0.633. The van der Waals surface area contributed by atoms with Crippen molar-refractivity contribution in [3.05, 3.63) is 23.6 Å². The van der Waals surface area contributed by atoms with Gasteiger partial charge < -0.3 is 16.0 Å². The fourth-order valence-corrected chi connectivity index (χ4v) is 1.77. The van der Waals surface area contributed by atoms with Gasteiger partial charge in [0.05, 0.1) is 18.3 Å². The number of carbonyl (C=O) groups is 2. The van der Waals surface area contributed by atoms with Crippen molar-refractivity contribution in [1.82, 2.24) is 15.2 Å². The first-order valence-electron chi connectivity index (χ1n) is 5.55. The highest BCUT2D eigenvalue weighted by Gasteiger charge is 2.23. The number of rotatable bonds is 1. The summed E-state index contributed by atoms with van der Waals surface area (Å²) in [4.78, 5) is 28.4. The van der Waals surface area contributed by atoms with Crippen LogP contribution in [0.25, 0.3) is 0 Å². The summed E-state index contributed by atoms with van der Waals surface area (Å²) in [7, 11) is 0. The van der Waals surface area contributed by atoms with E-state index < -0.39 is 11.7 Å². The second kappa shape index (κ2) is 4.99. The maximum atomic E-state index is 13.1. The lowest BCUT2D eigenvalue weighted by Crippen LogP contribution is -2.37. The number of nitrogen functional groups attached to an aromatic ring is 1. The highest BCUT2D eigenvalue weighted by atomic mass is 19.1. The van der Waals surface area contributed by atoms with Gasteiger partial charge in [0.15, 0.2) is 0 Å². The SMILES string of the molecule is Nc1ncc(F)cc1C(=O)N1CCCNC(=O)C1. The molecule has 0 aliphatic carbocycles. The molecule has 1 aliphatic rings. The van der Waals surface area contributed by atoms with Crippen LogP contribution >= 0.6 is 0 Å². The van der Waals surface area contributed by atoms with Crippen molar-refractivity contribution in [1.29, 1.82) is 0 Å². The van der Waals surface area contributed by atoms with E-state index in [1.165, 1.54) is 4.90 Å². The van der Waals surface area contributed by atoms with Crippen LogP contribution in [0.4, 0.5) is 10.2 Å². The van der Waals surface area contributed by atoms with Gasteiger partial charge in [-0.15, -0.1) is 0 Å². The Bertz CT molecular complexity index is 492. The molecule has 2 heterocycles. The lowest BCUT2D eigenvalue weighted by atomic mass is 10.2. The number of nitrogens with one attached hydrogen (secondary N) is 1. The van der Waals surface area contributed by atoms with Gasteiger partial charge in [0.25, 0.3) is 5.91 Å². The van der Waals surface area contributed by atoms with Gasteiger partial charge in [-0.2, -0.15) is 0 Å². The monoisotopic (exact) mass is 252 g/mol. The van der Waals surface area contributed by atoms with Crippen LogP contribution in [0.1, 0.15) is 16.8 Å². The molecular weight excluding hydrogens is 239 g/mol.